The molecule has 4 rings (SSSR count). The maximum atomic E-state index is 14.3. The van der Waals surface area contributed by atoms with Gasteiger partial charge in [0.2, 0.25) is 5.56 Å². The van der Waals surface area contributed by atoms with Gasteiger partial charge in [-0.1, -0.05) is 35.9 Å². The van der Waals surface area contributed by atoms with E-state index in [4.69, 9.17) is 22.1 Å². The van der Waals surface area contributed by atoms with E-state index in [0.29, 0.717) is 48.8 Å². The molecule has 0 aliphatic carbocycles. The number of urea groups is 1. The molecule has 1 aliphatic heterocycles. The predicted octanol–water partition coefficient (Wildman–Crippen LogP) is 4.01. The van der Waals surface area contributed by atoms with Gasteiger partial charge in [0.25, 0.3) is 0 Å². The molecule has 1 saturated heterocycles. The van der Waals surface area contributed by atoms with Crippen molar-refractivity contribution in [1.82, 2.24) is 20.1 Å². The van der Waals surface area contributed by atoms with Gasteiger partial charge in [-0.3, -0.25) is 15.0 Å². The van der Waals surface area contributed by atoms with E-state index in [0.717, 1.165) is 5.56 Å². The molecule has 3 aromatic rings. The number of ether oxygens (including phenoxy) is 1. The molecule has 2 heterocycles. The molecule has 1 fully saturated rings. The summed E-state index contributed by atoms with van der Waals surface area (Å²) >= 11 is 5.92. The van der Waals surface area contributed by atoms with E-state index >= 15 is 0 Å². The summed E-state index contributed by atoms with van der Waals surface area (Å²) in [4.78, 5) is 32.1. The average Bonchev–Trinajstić information content (AvgIpc) is 3.36. The normalized spacial score (nSPS) is 18.2. The number of aromatic nitrogens is 1. The number of halogens is 2. The number of carbonyl (C=O) groups excluding carboxylic acids is 1. The lowest BCUT2D eigenvalue weighted by atomic mass is 9.94. The van der Waals surface area contributed by atoms with Crippen LogP contribution in [0.2, 0.25) is 5.02 Å². The summed E-state index contributed by atoms with van der Waals surface area (Å²) < 4.78 is 21.0. The zero-order chi connectivity index (χ0) is 29.5. The number of nitrogens with two attached hydrogens (primary N) is 1. The van der Waals surface area contributed by atoms with Crippen LogP contribution in [0.3, 0.4) is 0 Å². The third kappa shape index (κ3) is 7.60. The van der Waals surface area contributed by atoms with Gasteiger partial charge in [-0.2, -0.15) is 0 Å². The summed E-state index contributed by atoms with van der Waals surface area (Å²) in [7, 11) is 3.27. The van der Waals surface area contributed by atoms with E-state index in [9.17, 15) is 14.0 Å². The van der Waals surface area contributed by atoms with Gasteiger partial charge < -0.3 is 20.4 Å². The van der Waals surface area contributed by atoms with Crippen LogP contribution in [0.1, 0.15) is 24.0 Å². The number of likely N-dealkylation sites (tertiary alicyclic amines) is 1. The summed E-state index contributed by atoms with van der Waals surface area (Å²) in [6.07, 6.45) is 1.63. The van der Waals surface area contributed by atoms with E-state index in [2.05, 4.69) is 20.5 Å². The predicted molar refractivity (Wildman–Crippen MR) is 160 cm³/mol. The van der Waals surface area contributed by atoms with Gasteiger partial charge in [0, 0.05) is 68.8 Å². The lowest BCUT2D eigenvalue weighted by Gasteiger charge is -2.21. The standard InChI is InChI=1S/C30H34ClFN6O3/c1-19(28(33)21-10-12-27(39)37(2)16-21)29(34-22-7-5-4-6-8-22)36-30(40)35-26-18-38(13-14-41-3)17-23(26)20-9-11-24(31)25(32)15-20/h4-12,15-16,23,26H,13-14,17-18,33H2,1-3H3,(H2,34,35,36,40)/t23?,26-/m1/s1. The first-order valence-electron chi connectivity index (χ1n) is 13.2. The summed E-state index contributed by atoms with van der Waals surface area (Å²) in [5.74, 6) is -0.427. The molecule has 0 radical (unpaired) electrons. The zero-order valence-electron chi connectivity index (χ0n) is 23.2. The Labute approximate surface area is 243 Å². The second kappa shape index (κ2) is 13.6. The quantitative estimate of drug-likeness (QED) is 0.275. The monoisotopic (exact) mass is 580 g/mol. The fourth-order valence-corrected chi connectivity index (χ4v) is 4.88. The minimum atomic E-state index is -0.505. The Balaban J connectivity index is 1.61. The highest BCUT2D eigenvalue weighted by Gasteiger charge is 2.35. The van der Waals surface area contributed by atoms with Crippen molar-refractivity contribution in [1.29, 1.82) is 0 Å². The van der Waals surface area contributed by atoms with Gasteiger partial charge >= 0.3 is 6.03 Å². The van der Waals surface area contributed by atoms with Crippen molar-refractivity contribution < 1.29 is 13.9 Å². The first-order chi connectivity index (χ1) is 19.7. The van der Waals surface area contributed by atoms with Gasteiger partial charge in [0.1, 0.15) is 11.7 Å². The van der Waals surface area contributed by atoms with Crippen molar-refractivity contribution in [3.05, 3.63) is 105 Å². The number of methoxy groups -OCH3 is 1. The Bertz CT molecular complexity index is 1510. The second-order valence-electron chi connectivity index (χ2n) is 9.94. The van der Waals surface area contributed by atoms with Crippen LogP contribution in [0.4, 0.5) is 14.9 Å². The maximum absolute atomic E-state index is 14.3. The lowest BCUT2D eigenvalue weighted by Crippen LogP contribution is -2.47. The number of aliphatic imine (C=N–C) groups is 1. The Morgan fingerprint density at radius 3 is 2.61 bits per heavy atom. The third-order valence-electron chi connectivity index (χ3n) is 7.08. The molecule has 0 spiro atoms. The Morgan fingerprint density at radius 2 is 1.93 bits per heavy atom. The summed E-state index contributed by atoms with van der Waals surface area (Å²) in [5.41, 5.74) is 9.18. The summed E-state index contributed by atoms with van der Waals surface area (Å²) in [6.45, 7) is 4.11. The molecule has 2 atom stereocenters. The zero-order valence-corrected chi connectivity index (χ0v) is 24.0. The average molecular weight is 581 g/mol. The van der Waals surface area contributed by atoms with Crippen LogP contribution < -0.4 is 21.9 Å². The minimum Gasteiger partial charge on any atom is -0.398 e. The first kappa shape index (κ1) is 30.0. The van der Waals surface area contributed by atoms with Crippen LogP contribution in [0.15, 0.2) is 82.2 Å². The van der Waals surface area contributed by atoms with Crippen molar-refractivity contribution in [2.24, 2.45) is 17.8 Å². The largest absolute Gasteiger partial charge is 0.398 e. The number of amides is 2. The number of benzene rings is 2. The number of rotatable bonds is 8. The topological polar surface area (TPSA) is 114 Å². The van der Waals surface area contributed by atoms with E-state index in [1.54, 1.807) is 39.4 Å². The van der Waals surface area contributed by atoms with Crippen molar-refractivity contribution in [2.45, 2.75) is 18.9 Å². The van der Waals surface area contributed by atoms with Crippen LogP contribution >= 0.6 is 11.6 Å². The third-order valence-corrected chi connectivity index (χ3v) is 7.39. The second-order valence-corrected chi connectivity index (χ2v) is 10.3. The molecule has 41 heavy (non-hydrogen) atoms. The number of aryl methyl sites for hydroxylation is 1. The Hall–Kier alpha value is -3.99. The SMILES string of the molecule is COCCN1CC(c2ccc(Cl)c(F)c2)[C@H](NC(=O)NC(=Nc2ccccc2)C(C)=C(N)c2ccc(=O)n(C)c2)C1. The number of nitrogens with zero attached hydrogens (tertiary/aromatic N) is 3. The van der Waals surface area contributed by atoms with Gasteiger partial charge in [-0.25, -0.2) is 14.2 Å². The molecular weight excluding hydrogens is 547 g/mol. The summed E-state index contributed by atoms with van der Waals surface area (Å²) in [6, 6.07) is 16.2. The highest BCUT2D eigenvalue weighted by atomic mass is 35.5. The lowest BCUT2D eigenvalue weighted by molar-refractivity contribution is 0.159. The molecule has 1 aromatic heterocycles. The van der Waals surface area contributed by atoms with Crippen LogP contribution in [0, 0.1) is 5.82 Å². The van der Waals surface area contributed by atoms with Gasteiger partial charge in [0.15, 0.2) is 0 Å². The minimum absolute atomic E-state index is 0.0466. The fraction of sp³-hybridized carbons (Fsp3) is 0.300. The van der Waals surface area contributed by atoms with E-state index in [1.165, 1.54) is 22.8 Å². The number of carbonyl (C=O) groups is 1. The molecule has 1 aliphatic rings. The highest BCUT2D eigenvalue weighted by molar-refractivity contribution is 6.30. The van der Waals surface area contributed by atoms with E-state index in [1.807, 2.05) is 30.3 Å². The molecule has 11 heteroatoms. The fourth-order valence-electron chi connectivity index (χ4n) is 4.76. The van der Waals surface area contributed by atoms with Crippen molar-refractivity contribution in [2.75, 3.05) is 33.4 Å². The number of pyridine rings is 1. The number of hydrogen-bond acceptors (Lipinski definition) is 6. The maximum Gasteiger partial charge on any atom is 0.320 e. The van der Waals surface area contributed by atoms with Gasteiger partial charge in [-0.05, 0) is 42.8 Å². The van der Waals surface area contributed by atoms with E-state index in [-0.39, 0.29) is 28.4 Å². The number of amidine groups is 1. The molecule has 4 N–H and O–H groups in total. The molecule has 9 nitrogen and oxygen atoms in total. The van der Waals surface area contributed by atoms with Crippen LogP contribution in [0.5, 0.6) is 0 Å². The van der Waals surface area contributed by atoms with Gasteiger partial charge in [0.05, 0.1) is 23.4 Å². The smallest absolute Gasteiger partial charge is 0.320 e. The molecular formula is C30H34ClFN6O3. The van der Waals surface area contributed by atoms with Gasteiger partial charge in [-0.15, -0.1) is 0 Å². The number of hydrogen-bond donors (Lipinski definition) is 3. The molecule has 0 saturated carbocycles. The Morgan fingerprint density at radius 1 is 1.17 bits per heavy atom. The molecule has 2 aromatic carbocycles. The number of nitrogens with one attached hydrogen (secondary N) is 2. The van der Waals surface area contributed by atoms with E-state index < -0.39 is 11.8 Å². The highest BCUT2D eigenvalue weighted by Crippen LogP contribution is 2.30. The van der Waals surface area contributed by atoms with Crippen molar-refractivity contribution in [3.63, 3.8) is 0 Å². The van der Waals surface area contributed by atoms with Crippen LogP contribution in [-0.2, 0) is 11.8 Å². The van der Waals surface area contributed by atoms with Crippen molar-refractivity contribution >= 4 is 34.9 Å². The summed E-state index contributed by atoms with van der Waals surface area (Å²) in [5, 5.41) is 5.98. The van der Waals surface area contributed by atoms with Crippen LogP contribution in [-0.4, -0.2) is 60.7 Å². The Kier molecular flexibility index (Phi) is 9.93. The van der Waals surface area contributed by atoms with Crippen LogP contribution in [0.25, 0.3) is 5.70 Å². The number of para-hydroxylation sites is 1. The molecule has 1 unspecified atom stereocenters. The van der Waals surface area contributed by atoms with Crippen molar-refractivity contribution in [3.8, 4) is 0 Å². The molecule has 216 valence electrons. The molecule has 2 amide bonds. The first-order valence-corrected chi connectivity index (χ1v) is 13.5. The molecule has 0 bridgehead atoms.